The van der Waals surface area contributed by atoms with Gasteiger partial charge in [-0.1, -0.05) is 60.7 Å². The van der Waals surface area contributed by atoms with Crippen LogP contribution in [0.25, 0.3) is 10.9 Å². The maximum absolute atomic E-state index is 11.9. The summed E-state index contributed by atoms with van der Waals surface area (Å²) in [6.07, 6.45) is 1.66. The van der Waals surface area contributed by atoms with Crippen molar-refractivity contribution < 1.29 is 0 Å². The van der Waals surface area contributed by atoms with Crippen LogP contribution in [-0.2, 0) is 0 Å². The molecule has 0 aliphatic rings. The molecule has 2 aromatic heterocycles. The first-order valence-corrected chi connectivity index (χ1v) is 7.50. The molecule has 0 unspecified atom stereocenters. The van der Waals surface area contributed by atoms with Gasteiger partial charge in [0.1, 0.15) is 0 Å². The lowest BCUT2D eigenvalue weighted by atomic mass is 9.87. The number of rotatable bonds is 3. The predicted molar refractivity (Wildman–Crippen MR) is 90.5 cm³/mol. The molecule has 4 nitrogen and oxygen atoms in total. The number of fused-ring (bicyclic) bond motifs is 1. The van der Waals surface area contributed by atoms with Gasteiger partial charge >= 0.3 is 0 Å². The second-order valence-corrected chi connectivity index (χ2v) is 5.46. The molecule has 2 N–H and O–H groups in total. The quantitative estimate of drug-likeness (QED) is 0.609. The van der Waals surface area contributed by atoms with Crippen molar-refractivity contribution in [1.29, 1.82) is 0 Å². The van der Waals surface area contributed by atoms with Gasteiger partial charge in [-0.3, -0.25) is 9.89 Å². The fourth-order valence-corrected chi connectivity index (χ4v) is 3.01. The monoisotopic (exact) mass is 301 g/mol. The van der Waals surface area contributed by atoms with Gasteiger partial charge < -0.3 is 4.98 Å². The Balaban J connectivity index is 1.98. The topological polar surface area (TPSA) is 61.5 Å². The summed E-state index contributed by atoms with van der Waals surface area (Å²) in [5, 5.41) is 8.16. The van der Waals surface area contributed by atoms with E-state index in [0.717, 1.165) is 22.2 Å². The third-order valence-corrected chi connectivity index (χ3v) is 4.07. The van der Waals surface area contributed by atoms with E-state index in [0.29, 0.717) is 5.52 Å². The third-order valence-electron chi connectivity index (χ3n) is 4.07. The number of aromatic amines is 2. The lowest BCUT2D eigenvalue weighted by molar-refractivity contribution is 0.902. The minimum atomic E-state index is -0.176. The Kier molecular flexibility index (Phi) is 3.27. The number of hydrogen-bond donors (Lipinski definition) is 2. The van der Waals surface area contributed by atoms with Crippen molar-refractivity contribution in [1.82, 2.24) is 15.2 Å². The molecule has 0 saturated carbocycles. The summed E-state index contributed by atoms with van der Waals surface area (Å²) < 4.78 is 0. The molecule has 0 aliphatic heterocycles. The summed E-state index contributed by atoms with van der Waals surface area (Å²) >= 11 is 0. The van der Waals surface area contributed by atoms with Gasteiger partial charge in [-0.15, -0.1) is 0 Å². The van der Waals surface area contributed by atoms with Gasteiger partial charge in [0.2, 0.25) is 0 Å². The van der Waals surface area contributed by atoms with Crippen LogP contribution in [-0.4, -0.2) is 15.2 Å². The molecule has 0 bridgehead atoms. The maximum Gasteiger partial charge on any atom is 0.276 e. The van der Waals surface area contributed by atoms with Crippen molar-refractivity contribution in [3.63, 3.8) is 0 Å². The molecular formula is C19H15N3O. The fraction of sp³-hybridized carbons (Fsp3) is 0.0526. The van der Waals surface area contributed by atoms with Crippen LogP contribution in [0, 0.1) is 0 Å². The van der Waals surface area contributed by atoms with E-state index in [2.05, 4.69) is 39.4 Å². The zero-order valence-corrected chi connectivity index (χ0v) is 12.4. The molecule has 0 aliphatic carbocycles. The highest BCUT2D eigenvalue weighted by molar-refractivity contribution is 5.81. The molecule has 0 amide bonds. The number of H-pyrrole nitrogens is 2. The van der Waals surface area contributed by atoms with E-state index in [1.165, 1.54) is 0 Å². The lowest BCUT2D eigenvalue weighted by Gasteiger charge is -2.17. The molecule has 4 heteroatoms. The van der Waals surface area contributed by atoms with Gasteiger partial charge in [0.05, 0.1) is 11.6 Å². The second-order valence-electron chi connectivity index (χ2n) is 5.46. The SMILES string of the molecule is O=c1[nH]ccc2c(C(c3ccccc3)c3ccccc3)[nH]nc12. The molecular weight excluding hydrogens is 286 g/mol. The van der Waals surface area contributed by atoms with Crippen LogP contribution >= 0.6 is 0 Å². The average Bonchev–Trinajstić information content (AvgIpc) is 3.03. The van der Waals surface area contributed by atoms with E-state index in [-0.39, 0.29) is 11.5 Å². The molecule has 2 heterocycles. The number of aromatic nitrogens is 3. The number of pyridine rings is 1. The largest absolute Gasteiger partial charge is 0.327 e. The Morgan fingerprint density at radius 3 is 2.04 bits per heavy atom. The molecule has 0 fully saturated rings. The van der Waals surface area contributed by atoms with Crippen molar-refractivity contribution in [3.05, 3.63) is 100 Å². The van der Waals surface area contributed by atoms with Gasteiger partial charge in [-0.05, 0) is 17.2 Å². The van der Waals surface area contributed by atoms with Crippen LogP contribution < -0.4 is 5.56 Å². The molecule has 112 valence electrons. The van der Waals surface area contributed by atoms with Crippen molar-refractivity contribution in [2.24, 2.45) is 0 Å². The highest BCUT2D eigenvalue weighted by Crippen LogP contribution is 2.33. The first-order valence-electron chi connectivity index (χ1n) is 7.50. The van der Waals surface area contributed by atoms with Crippen molar-refractivity contribution in [2.45, 2.75) is 5.92 Å². The Bertz CT molecular complexity index is 948. The van der Waals surface area contributed by atoms with Crippen molar-refractivity contribution in [3.8, 4) is 0 Å². The van der Waals surface area contributed by atoms with E-state index in [1.54, 1.807) is 6.20 Å². The molecule has 0 atom stereocenters. The summed E-state index contributed by atoms with van der Waals surface area (Å²) in [6.45, 7) is 0. The highest BCUT2D eigenvalue weighted by atomic mass is 16.1. The van der Waals surface area contributed by atoms with Gasteiger partial charge in [0, 0.05) is 11.6 Å². The molecule has 23 heavy (non-hydrogen) atoms. The average molecular weight is 301 g/mol. The zero-order valence-electron chi connectivity index (χ0n) is 12.4. The Morgan fingerprint density at radius 1 is 0.826 bits per heavy atom. The molecule has 0 radical (unpaired) electrons. The lowest BCUT2D eigenvalue weighted by Crippen LogP contribution is -2.06. The Labute approximate surface area is 132 Å². The highest BCUT2D eigenvalue weighted by Gasteiger charge is 2.21. The maximum atomic E-state index is 11.9. The fourth-order valence-electron chi connectivity index (χ4n) is 3.01. The van der Waals surface area contributed by atoms with Gasteiger partial charge in [0.15, 0.2) is 5.52 Å². The predicted octanol–water partition coefficient (Wildman–Crippen LogP) is 3.43. The van der Waals surface area contributed by atoms with Crippen LogP contribution in [0.4, 0.5) is 0 Å². The summed E-state index contributed by atoms with van der Waals surface area (Å²) in [5.74, 6) is 0.00389. The number of benzene rings is 2. The van der Waals surface area contributed by atoms with E-state index >= 15 is 0 Å². The summed E-state index contributed by atoms with van der Waals surface area (Å²) in [5.41, 5.74) is 3.52. The first kappa shape index (κ1) is 13.5. The van der Waals surface area contributed by atoms with Crippen LogP contribution in [0.15, 0.2) is 77.7 Å². The standard InChI is InChI=1S/C19H15N3O/c23-19-18-15(11-12-20-19)17(21-22-18)16(13-7-3-1-4-8-13)14-9-5-2-6-10-14/h1-12,16H,(H,20,23)(H,21,22). The van der Waals surface area contributed by atoms with Crippen LogP contribution in [0.3, 0.4) is 0 Å². The molecule has 2 aromatic carbocycles. The molecule has 4 rings (SSSR count). The zero-order chi connectivity index (χ0) is 15.6. The molecule has 0 spiro atoms. The minimum absolute atomic E-state index is 0.00389. The van der Waals surface area contributed by atoms with Crippen molar-refractivity contribution >= 4 is 10.9 Å². The summed E-state index contributed by atoms with van der Waals surface area (Å²) in [4.78, 5) is 14.6. The van der Waals surface area contributed by atoms with Gasteiger partial charge in [-0.2, -0.15) is 5.10 Å². The summed E-state index contributed by atoms with van der Waals surface area (Å²) in [7, 11) is 0. The normalized spacial score (nSPS) is 11.2. The molecule has 4 aromatic rings. The minimum Gasteiger partial charge on any atom is -0.327 e. The van der Waals surface area contributed by atoms with Gasteiger partial charge in [-0.25, -0.2) is 0 Å². The smallest absolute Gasteiger partial charge is 0.276 e. The number of hydrogen-bond acceptors (Lipinski definition) is 2. The third kappa shape index (κ3) is 2.34. The van der Waals surface area contributed by atoms with E-state index < -0.39 is 0 Å². The molecule has 0 saturated heterocycles. The van der Waals surface area contributed by atoms with Gasteiger partial charge in [0.25, 0.3) is 5.56 Å². The van der Waals surface area contributed by atoms with Crippen molar-refractivity contribution in [2.75, 3.05) is 0 Å². The first-order chi connectivity index (χ1) is 11.3. The Hall–Kier alpha value is -3.14. The van der Waals surface area contributed by atoms with Crippen LogP contribution in [0.2, 0.25) is 0 Å². The van der Waals surface area contributed by atoms with E-state index in [1.807, 2.05) is 42.5 Å². The van der Waals surface area contributed by atoms with E-state index in [4.69, 9.17) is 0 Å². The number of nitrogens with zero attached hydrogens (tertiary/aromatic N) is 1. The van der Waals surface area contributed by atoms with Crippen LogP contribution in [0.1, 0.15) is 22.7 Å². The summed E-state index contributed by atoms with van der Waals surface area (Å²) in [6, 6.07) is 22.4. The number of nitrogens with one attached hydrogen (secondary N) is 2. The Morgan fingerprint density at radius 2 is 1.43 bits per heavy atom. The van der Waals surface area contributed by atoms with E-state index in [9.17, 15) is 4.79 Å². The second kappa shape index (κ2) is 5.57. The van der Waals surface area contributed by atoms with Crippen LogP contribution in [0.5, 0.6) is 0 Å².